The summed E-state index contributed by atoms with van der Waals surface area (Å²) >= 11 is 0. The molecule has 3 rings (SSSR count). The van der Waals surface area contributed by atoms with Crippen LogP contribution in [0.2, 0.25) is 0 Å². The highest BCUT2D eigenvalue weighted by Gasteiger charge is 2.24. The molecule has 1 fully saturated rings. The third kappa shape index (κ3) is 6.56. The molecule has 0 spiro atoms. The van der Waals surface area contributed by atoms with Crippen molar-refractivity contribution >= 4 is 35.6 Å². The number of aliphatic imine (C=N–C) groups is 1. The van der Waals surface area contributed by atoms with Gasteiger partial charge in [0.15, 0.2) is 5.96 Å². The second kappa shape index (κ2) is 11.9. The molecule has 0 amide bonds. The first-order valence-corrected chi connectivity index (χ1v) is 10.1. The van der Waals surface area contributed by atoms with Crippen molar-refractivity contribution in [2.75, 3.05) is 46.4 Å². The van der Waals surface area contributed by atoms with Crippen molar-refractivity contribution in [1.29, 1.82) is 0 Å². The largest absolute Gasteiger partial charge is 0.497 e. The van der Waals surface area contributed by atoms with Crippen LogP contribution in [0.4, 0.5) is 5.69 Å². The Hall–Kier alpha value is -2.36. The van der Waals surface area contributed by atoms with Crippen LogP contribution in [0.15, 0.2) is 41.4 Å². The maximum Gasteiger partial charge on any atom is 0.191 e. The molecule has 8 heteroatoms. The number of ether oxygens (including phenoxy) is 3. The first-order chi connectivity index (χ1) is 14.6. The van der Waals surface area contributed by atoms with Crippen LogP contribution in [0.25, 0.3) is 0 Å². The number of anilines is 1. The van der Waals surface area contributed by atoms with Crippen LogP contribution in [0, 0.1) is 6.92 Å². The van der Waals surface area contributed by atoms with E-state index in [1.807, 2.05) is 24.3 Å². The lowest BCUT2D eigenvalue weighted by Gasteiger charge is -2.21. The SMILES string of the molecule is CN=C(NCc1ccc(OC)c(C)c1)NC1CCN(c2cc(OC)cc(OC)c2)C1.I. The molecular weight excluding hydrogens is 507 g/mol. The summed E-state index contributed by atoms with van der Waals surface area (Å²) in [6.45, 7) is 4.60. The highest BCUT2D eigenvalue weighted by atomic mass is 127. The number of methoxy groups -OCH3 is 3. The Morgan fingerprint density at radius 2 is 1.77 bits per heavy atom. The molecule has 1 saturated heterocycles. The number of nitrogens with one attached hydrogen (secondary N) is 2. The molecule has 2 N–H and O–H groups in total. The van der Waals surface area contributed by atoms with Gasteiger partial charge in [0.2, 0.25) is 0 Å². The van der Waals surface area contributed by atoms with Crippen LogP contribution in [0.3, 0.4) is 0 Å². The van der Waals surface area contributed by atoms with Gasteiger partial charge in [-0.2, -0.15) is 0 Å². The molecule has 2 aromatic rings. The Morgan fingerprint density at radius 3 is 2.35 bits per heavy atom. The first kappa shape index (κ1) is 24.9. The predicted octanol–water partition coefficient (Wildman–Crippen LogP) is 3.58. The Kier molecular flexibility index (Phi) is 9.54. The van der Waals surface area contributed by atoms with Gasteiger partial charge < -0.3 is 29.7 Å². The number of aryl methyl sites for hydroxylation is 1. The summed E-state index contributed by atoms with van der Waals surface area (Å²) in [6, 6.07) is 12.5. The van der Waals surface area contributed by atoms with Crippen molar-refractivity contribution in [2.24, 2.45) is 4.99 Å². The fourth-order valence-corrected chi connectivity index (χ4v) is 3.71. The van der Waals surface area contributed by atoms with Crippen molar-refractivity contribution in [1.82, 2.24) is 10.6 Å². The summed E-state index contributed by atoms with van der Waals surface area (Å²) in [6.07, 6.45) is 1.03. The predicted molar refractivity (Wildman–Crippen MR) is 137 cm³/mol. The Balaban J connectivity index is 0.00000341. The summed E-state index contributed by atoms with van der Waals surface area (Å²) in [5.41, 5.74) is 3.42. The van der Waals surface area contributed by atoms with Gasteiger partial charge in [-0.3, -0.25) is 4.99 Å². The van der Waals surface area contributed by atoms with E-state index in [0.717, 1.165) is 54.0 Å². The normalized spacial score (nSPS) is 15.8. The Labute approximate surface area is 202 Å². The van der Waals surface area contributed by atoms with E-state index in [4.69, 9.17) is 14.2 Å². The van der Waals surface area contributed by atoms with Crippen LogP contribution < -0.4 is 29.7 Å². The van der Waals surface area contributed by atoms with E-state index in [1.54, 1.807) is 28.4 Å². The zero-order valence-corrected chi connectivity index (χ0v) is 21.2. The lowest BCUT2D eigenvalue weighted by atomic mass is 10.1. The van der Waals surface area contributed by atoms with E-state index < -0.39 is 0 Å². The standard InChI is InChI=1S/C23H32N4O3.HI/c1-16-10-17(6-7-22(16)30-5)14-25-23(24-2)26-18-8-9-27(15-18)19-11-20(28-3)13-21(12-19)29-4;/h6-7,10-13,18H,8-9,14-15H2,1-5H3,(H2,24,25,26);1H. The minimum atomic E-state index is 0. The van der Waals surface area contributed by atoms with Crippen LogP contribution in [0.5, 0.6) is 17.2 Å². The zero-order chi connectivity index (χ0) is 21.5. The fraction of sp³-hybridized carbons (Fsp3) is 0.435. The van der Waals surface area contributed by atoms with Gasteiger partial charge in [0, 0.05) is 56.6 Å². The maximum absolute atomic E-state index is 5.40. The molecule has 0 radical (unpaired) electrons. The summed E-state index contributed by atoms with van der Waals surface area (Å²) in [4.78, 5) is 6.72. The molecule has 0 bridgehead atoms. The van der Waals surface area contributed by atoms with E-state index >= 15 is 0 Å². The van der Waals surface area contributed by atoms with E-state index in [0.29, 0.717) is 12.6 Å². The molecule has 1 heterocycles. The van der Waals surface area contributed by atoms with E-state index in [-0.39, 0.29) is 24.0 Å². The molecule has 7 nitrogen and oxygen atoms in total. The van der Waals surface area contributed by atoms with E-state index in [1.165, 1.54) is 5.56 Å². The van der Waals surface area contributed by atoms with Crippen molar-refractivity contribution in [3.63, 3.8) is 0 Å². The number of hydrogen-bond donors (Lipinski definition) is 2. The second-order valence-electron chi connectivity index (χ2n) is 7.38. The summed E-state index contributed by atoms with van der Waals surface area (Å²) in [7, 11) is 6.84. The number of rotatable bonds is 7. The Morgan fingerprint density at radius 1 is 1.06 bits per heavy atom. The topological polar surface area (TPSA) is 67.4 Å². The van der Waals surface area contributed by atoms with E-state index in [9.17, 15) is 0 Å². The van der Waals surface area contributed by atoms with Gasteiger partial charge in [-0.1, -0.05) is 12.1 Å². The van der Waals surface area contributed by atoms with Gasteiger partial charge in [-0.25, -0.2) is 0 Å². The van der Waals surface area contributed by atoms with Gasteiger partial charge in [0.05, 0.1) is 21.3 Å². The minimum Gasteiger partial charge on any atom is -0.497 e. The first-order valence-electron chi connectivity index (χ1n) is 10.1. The van der Waals surface area contributed by atoms with Crippen LogP contribution >= 0.6 is 24.0 Å². The molecule has 0 aliphatic carbocycles. The number of benzene rings is 2. The van der Waals surface area contributed by atoms with Crippen LogP contribution in [-0.2, 0) is 6.54 Å². The van der Waals surface area contributed by atoms with Crippen molar-refractivity contribution < 1.29 is 14.2 Å². The molecule has 31 heavy (non-hydrogen) atoms. The quantitative estimate of drug-likeness (QED) is 0.318. The average molecular weight is 540 g/mol. The number of nitrogens with zero attached hydrogens (tertiary/aromatic N) is 2. The minimum absolute atomic E-state index is 0. The lowest BCUT2D eigenvalue weighted by molar-refractivity contribution is 0.394. The smallest absolute Gasteiger partial charge is 0.191 e. The number of guanidine groups is 1. The molecule has 170 valence electrons. The van der Waals surface area contributed by atoms with Gasteiger partial charge in [0.25, 0.3) is 0 Å². The van der Waals surface area contributed by atoms with Crippen LogP contribution in [-0.4, -0.2) is 53.5 Å². The summed E-state index contributed by atoms with van der Waals surface area (Å²) < 4.78 is 16.1. The molecule has 1 unspecified atom stereocenters. The summed E-state index contributed by atoms with van der Waals surface area (Å²) in [5.74, 6) is 3.31. The fourth-order valence-electron chi connectivity index (χ4n) is 3.71. The number of hydrogen-bond acceptors (Lipinski definition) is 5. The Bertz CT molecular complexity index is 869. The number of halogens is 1. The molecule has 0 aromatic heterocycles. The zero-order valence-electron chi connectivity index (χ0n) is 18.9. The highest BCUT2D eigenvalue weighted by molar-refractivity contribution is 14.0. The average Bonchev–Trinajstić information content (AvgIpc) is 3.24. The third-order valence-electron chi connectivity index (χ3n) is 5.37. The molecule has 2 aromatic carbocycles. The van der Waals surface area contributed by atoms with Crippen molar-refractivity contribution in [2.45, 2.75) is 25.9 Å². The molecule has 0 saturated carbocycles. The van der Waals surface area contributed by atoms with Gasteiger partial charge >= 0.3 is 0 Å². The lowest BCUT2D eigenvalue weighted by Crippen LogP contribution is -2.44. The van der Waals surface area contributed by atoms with Gasteiger partial charge in [-0.05, 0) is 30.5 Å². The monoisotopic (exact) mass is 540 g/mol. The summed E-state index contributed by atoms with van der Waals surface area (Å²) in [5, 5.41) is 6.95. The van der Waals surface area contributed by atoms with Gasteiger partial charge in [-0.15, -0.1) is 24.0 Å². The molecule has 1 aliphatic heterocycles. The molecule has 1 aliphatic rings. The molecular formula is C23H33IN4O3. The second-order valence-corrected chi connectivity index (χ2v) is 7.38. The van der Waals surface area contributed by atoms with E-state index in [2.05, 4.69) is 39.6 Å². The highest BCUT2D eigenvalue weighted by Crippen LogP contribution is 2.30. The van der Waals surface area contributed by atoms with Crippen LogP contribution in [0.1, 0.15) is 17.5 Å². The van der Waals surface area contributed by atoms with Gasteiger partial charge in [0.1, 0.15) is 17.2 Å². The third-order valence-corrected chi connectivity index (χ3v) is 5.37. The maximum atomic E-state index is 5.40. The van der Waals surface area contributed by atoms with Crippen molar-refractivity contribution in [3.05, 3.63) is 47.5 Å². The van der Waals surface area contributed by atoms with Crippen molar-refractivity contribution in [3.8, 4) is 17.2 Å². The molecule has 1 atom stereocenters.